The predicted molar refractivity (Wildman–Crippen MR) is 48.9 cm³/mol. The van der Waals surface area contributed by atoms with Gasteiger partial charge < -0.3 is 20.8 Å². The maximum absolute atomic E-state index is 9.10. The van der Waals surface area contributed by atoms with Crippen LogP contribution in [0.25, 0.3) is 0 Å². The van der Waals surface area contributed by atoms with Gasteiger partial charge in [-0.25, -0.2) is 0 Å². The first-order chi connectivity index (χ1) is 5.57. The van der Waals surface area contributed by atoms with Crippen LogP contribution in [-0.4, -0.2) is 54.5 Å². The standard InChI is InChI=1S/C8H20N2O2/c1-10(2)5-3-4-7(9)8(12)6-11/h7-8,11-12H,3-6,9H2,1-2H3. The lowest BCUT2D eigenvalue weighted by Crippen LogP contribution is -2.37. The Morgan fingerprint density at radius 3 is 2.42 bits per heavy atom. The fourth-order valence-corrected chi connectivity index (χ4v) is 0.971. The Labute approximate surface area is 74.0 Å². The first-order valence-corrected chi connectivity index (χ1v) is 4.27. The lowest BCUT2D eigenvalue weighted by molar-refractivity contribution is 0.0707. The molecule has 4 N–H and O–H groups in total. The first kappa shape index (κ1) is 11.8. The van der Waals surface area contributed by atoms with E-state index < -0.39 is 6.10 Å². The second-order valence-electron chi connectivity index (χ2n) is 3.36. The highest BCUT2D eigenvalue weighted by Crippen LogP contribution is 1.99. The van der Waals surface area contributed by atoms with Crippen molar-refractivity contribution >= 4 is 0 Å². The molecule has 0 aromatic rings. The first-order valence-electron chi connectivity index (χ1n) is 4.27. The monoisotopic (exact) mass is 176 g/mol. The van der Waals surface area contributed by atoms with Crippen LogP contribution >= 0.6 is 0 Å². The number of hydrogen-bond donors (Lipinski definition) is 3. The molecule has 0 saturated heterocycles. The summed E-state index contributed by atoms with van der Waals surface area (Å²) in [5.74, 6) is 0. The summed E-state index contributed by atoms with van der Waals surface area (Å²) in [4.78, 5) is 2.07. The van der Waals surface area contributed by atoms with E-state index in [0.717, 1.165) is 19.4 Å². The highest BCUT2D eigenvalue weighted by molar-refractivity contribution is 4.70. The zero-order chi connectivity index (χ0) is 9.56. The highest BCUT2D eigenvalue weighted by atomic mass is 16.3. The van der Waals surface area contributed by atoms with Crippen molar-refractivity contribution in [1.29, 1.82) is 0 Å². The molecule has 12 heavy (non-hydrogen) atoms. The van der Waals surface area contributed by atoms with Crippen molar-refractivity contribution in [3.8, 4) is 0 Å². The fraction of sp³-hybridized carbons (Fsp3) is 1.00. The van der Waals surface area contributed by atoms with Gasteiger partial charge in [0, 0.05) is 6.04 Å². The molecule has 0 heterocycles. The SMILES string of the molecule is CN(C)CCCC(N)C(O)CO. The largest absolute Gasteiger partial charge is 0.394 e. The van der Waals surface area contributed by atoms with Crippen LogP contribution in [0.5, 0.6) is 0 Å². The Balaban J connectivity index is 3.37. The minimum atomic E-state index is -0.771. The van der Waals surface area contributed by atoms with E-state index in [-0.39, 0.29) is 12.6 Å². The Kier molecular flexibility index (Phi) is 6.28. The van der Waals surface area contributed by atoms with Crippen LogP contribution in [0.2, 0.25) is 0 Å². The Hall–Kier alpha value is -0.160. The summed E-state index contributed by atoms with van der Waals surface area (Å²) in [5, 5.41) is 17.7. The van der Waals surface area contributed by atoms with E-state index in [1.54, 1.807) is 0 Å². The molecule has 0 rings (SSSR count). The van der Waals surface area contributed by atoms with Crippen molar-refractivity contribution in [1.82, 2.24) is 4.90 Å². The minimum absolute atomic E-state index is 0.247. The van der Waals surface area contributed by atoms with E-state index in [0.29, 0.717) is 0 Å². The number of nitrogens with zero attached hydrogens (tertiary/aromatic N) is 1. The molecule has 4 nitrogen and oxygen atoms in total. The average Bonchev–Trinajstić information content (AvgIpc) is 2.02. The van der Waals surface area contributed by atoms with Gasteiger partial charge in [-0.2, -0.15) is 0 Å². The van der Waals surface area contributed by atoms with Crippen molar-refractivity contribution in [3.05, 3.63) is 0 Å². The summed E-state index contributed by atoms with van der Waals surface area (Å²) < 4.78 is 0. The molecule has 0 fully saturated rings. The third-order valence-electron chi connectivity index (χ3n) is 1.82. The zero-order valence-electron chi connectivity index (χ0n) is 7.90. The Bertz CT molecular complexity index is 109. The third-order valence-corrected chi connectivity index (χ3v) is 1.82. The van der Waals surface area contributed by atoms with E-state index in [1.165, 1.54) is 0 Å². The molecule has 0 spiro atoms. The van der Waals surface area contributed by atoms with Gasteiger partial charge >= 0.3 is 0 Å². The molecule has 0 aromatic heterocycles. The summed E-state index contributed by atoms with van der Waals surface area (Å²) in [5.41, 5.74) is 5.59. The van der Waals surface area contributed by atoms with E-state index in [1.807, 2.05) is 14.1 Å². The smallest absolute Gasteiger partial charge is 0.0921 e. The molecule has 0 saturated carbocycles. The van der Waals surface area contributed by atoms with Crippen LogP contribution < -0.4 is 5.73 Å². The zero-order valence-corrected chi connectivity index (χ0v) is 7.90. The lowest BCUT2D eigenvalue weighted by atomic mass is 10.1. The van der Waals surface area contributed by atoms with Gasteiger partial charge in [0.05, 0.1) is 12.7 Å². The summed E-state index contributed by atoms with van der Waals surface area (Å²) >= 11 is 0. The molecule has 4 heteroatoms. The van der Waals surface area contributed by atoms with Gasteiger partial charge in [0.25, 0.3) is 0 Å². The molecule has 0 aliphatic carbocycles. The maximum atomic E-state index is 9.10. The van der Waals surface area contributed by atoms with Crippen molar-refractivity contribution < 1.29 is 10.2 Å². The number of rotatable bonds is 6. The molecule has 0 bridgehead atoms. The van der Waals surface area contributed by atoms with Crippen molar-refractivity contribution in [2.75, 3.05) is 27.2 Å². The van der Waals surface area contributed by atoms with Crippen LogP contribution in [0.4, 0.5) is 0 Å². The third kappa shape index (κ3) is 5.49. The van der Waals surface area contributed by atoms with E-state index in [4.69, 9.17) is 15.9 Å². The Morgan fingerprint density at radius 2 is 2.00 bits per heavy atom. The van der Waals surface area contributed by atoms with Crippen LogP contribution in [0, 0.1) is 0 Å². The van der Waals surface area contributed by atoms with Crippen LogP contribution in [0.1, 0.15) is 12.8 Å². The molecule has 0 amide bonds. The Morgan fingerprint density at radius 1 is 1.42 bits per heavy atom. The molecule has 0 aromatic carbocycles. The van der Waals surface area contributed by atoms with Gasteiger partial charge in [0.15, 0.2) is 0 Å². The van der Waals surface area contributed by atoms with Gasteiger partial charge in [-0.15, -0.1) is 0 Å². The molecular formula is C8H20N2O2. The number of aliphatic hydroxyl groups is 2. The van der Waals surface area contributed by atoms with Gasteiger partial charge in [-0.3, -0.25) is 0 Å². The molecule has 2 atom stereocenters. The van der Waals surface area contributed by atoms with Gasteiger partial charge in [0.1, 0.15) is 0 Å². The molecule has 0 aliphatic heterocycles. The number of aliphatic hydroxyl groups excluding tert-OH is 2. The summed E-state index contributed by atoms with van der Waals surface area (Å²) in [6.45, 7) is 0.717. The van der Waals surface area contributed by atoms with E-state index in [9.17, 15) is 0 Å². The molecule has 0 aliphatic rings. The minimum Gasteiger partial charge on any atom is -0.394 e. The van der Waals surface area contributed by atoms with Gasteiger partial charge in [-0.05, 0) is 33.5 Å². The number of hydrogen-bond acceptors (Lipinski definition) is 4. The van der Waals surface area contributed by atoms with Gasteiger partial charge in [-0.1, -0.05) is 0 Å². The second-order valence-corrected chi connectivity index (χ2v) is 3.36. The summed E-state index contributed by atoms with van der Waals surface area (Å²) in [6.07, 6.45) is 0.928. The normalized spacial score (nSPS) is 16.5. The fourth-order valence-electron chi connectivity index (χ4n) is 0.971. The van der Waals surface area contributed by atoms with Crippen molar-refractivity contribution in [3.63, 3.8) is 0 Å². The van der Waals surface area contributed by atoms with E-state index >= 15 is 0 Å². The van der Waals surface area contributed by atoms with Gasteiger partial charge in [0.2, 0.25) is 0 Å². The summed E-state index contributed by atoms with van der Waals surface area (Å²) in [7, 11) is 3.99. The lowest BCUT2D eigenvalue weighted by Gasteiger charge is -2.17. The van der Waals surface area contributed by atoms with Crippen molar-refractivity contribution in [2.24, 2.45) is 5.73 Å². The average molecular weight is 176 g/mol. The van der Waals surface area contributed by atoms with Crippen LogP contribution in [0.15, 0.2) is 0 Å². The molecule has 2 unspecified atom stereocenters. The molecular weight excluding hydrogens is 156 g/mol. The second kappa shape index (κ2) is 6.37. The maximum Gasteiger partial charge on any atom is 0.0921 e. The molecule has 74 valence electrons. The highest BCUT2D eigenvalue weighted by Gasteiger charge is 2.12. The summed E-state index contributed by atoms with van der Waals surface area (Å²) in [6, 6.07) is -0.296. The van der Waals surface area contributed by atoms with Crippen molar-refractivity contribution in [2.45, 2.75) is 25.0 Å². The van der Waals surface area contributed by atoms with Crippen LogP contribution in [-0.2, 0) is 0 Å². The topological polar surface area (TPSA) is 69.7 Å². The number of nitrogens with two attached hydrogens (primary N) is 1. The van der Waals surface area contributed by atoms with Crippen LogP contribution in [0.3, 0.4) is 0 Å². The van der Waals surface area contributed by atoms with E-state index in [2.05, 4.69) is 4.90 Å². The predicted octanol–water partition coefficient (Wildman–Crippen LogP) is -0.991. The quantitative estimate of drug-likeness (QED) is 0.486. The molecule has 0 radical (unpaired) electrons.